The van der Waals surface area contributed by atoms with E-state index < -0.39 is 0 Å². The Bertz CT molecular complexity index is 3190. The minimum atomic E-state index is 0. The van der Waals surface area contributed by atoms with Gasteiger partial charge in [0.1, 0.15) is 0 Å². The van der Waals surface area contributed by atoms with Crippen LogP contribution >= 0.6 is 0 Å². The van der Waals surface area contributed by atoms with Gasteiger partial charge in [-0.3, -0.25) is 9.97 Å². The van der Waals surface area contributed by atoms with Crippen LogP contribution in [-0.4, -0.2) is 18.8 Å². The van der Waals surface area contributed by atoms with Gasteiger partial charge in [-0.2, -0.15) is 0 Å². The molecule has 4 heterocycles. The summed E-state index contributed by atoms with van der Waals surface area (Å²) in [5.74, 6) is 1.18. The van der Waals surface area contributed by atoms with Crippen molar-refractivity contribution in [2.24, 2.45) is 0 Å². The van der Waals surface area contributed by atoms with Crippen molar-refractivity contribution in [3.8, 4) is 45.0 Å². The van der Waals surface area contributed by atoms with Gasteiger partial charge >= 0.3 is 21.1 Å². The molecule has 54 heavy (non-hydrogen) atoms. The van der Waals surface area contributed by atoms with E-state index in [0.29, 0.717) is 11.5 Å². The second kappa shape index (κ2) is 12.8. The zero-order chi connectivity index (χ0) is 34.9. The third-order valence-corrected chi connectivity index (χ3v) is 10.3. The Balaban J connectivity index is 0.00000361. The van der Waals surface area contributed by atoms with Gasteiger partial charge in [-0.25, -0.2) is 0 Å². The molecule has 7 aromatic carbocycles. The summed E-state index contributed by atoms with van der Waals surface area (Å²) in [6.45, 7) is 0. The number of pyridine rings is 2. The van der Waals surface area contributed by atoms with E-state index in [0.717, 1.165) is 71.5 Å². The van der Waals surface area contributed by atoms with Crippen molar-refractivity contribution in [2.75, 3.05) is 0 Å². The topological polar surface area (TPSA) is 43.8 Å². The molecule has 0 amide bonds. The van der Waals surface area contributed by atoms with E-state index in [2.05, 4.69) is 154 Å². The first-order chi connectivity index (χ1) is 26.3. The fourth-order valence-corrected chi connectivity index (χ4v) is 7.95. The summed E-state index contributed by atoms with van der Waals surface area (Å²) in [4.78, 5) is 9.80. The molecule has 0 unspecified atom stereocenters. The molecule has 11 rings (SSSR count). The summed E-state index contributed by atoms with van der Waals surface area (Å²) in [5, 5.41) is 6.16. The van der Waals surface area contributed by atoms with Crippen LogP contribution in [0.4, 0.5) is 0 Å². The third kappa shape index (κ3) is 4.97. The van der Waals surface area contributed by atoms with Crippen LogP contribution in [0.5, 0.6) is 11.5 Å². The molecule has 11 aromatic rings. The molecule has 0 saturated carbocycles. The third-order valence-electron chi connectivity index (χ3n) is 10.3. The number of para-hydroxylation sites is 1. The molecule has 0 aliphatic rings. The van der Waals surface area contributed by atoms with Gasteiger partial charge in [0.15, 0.2) is 0 Å². The number of fused-ring (bicyclic) bond motifs is 12. The first-order valence-corrected chi connectivity index (χ1v) is 17.7. The summed E-state index contributed by atoms with van der Waals surface area (Å²) in [7, 11) is 0. The molecule has 0 radical (unpaired) electrons. The number of benzene rings is 7. The predicted octanol–water partition coefficient (Wildman–Crippen LogP) is 12.0. The Labute approximate surface area is 325 Å². The number of ether oxygens (including phenoxy) is 1. The van der Waals surface area contributed by atoms with Crippen LogP contribution in [-0.2, 0) is 21.1 Å². The van der Waals surface area contributed by atoms with E-state index in [1.54, 1.807) is 0 Å². The van der Waals surface area contributed by atoms with Gasteiger partial charge in [0, 0.05) is 46.7 Å². The summed E-state index contributed by atoms with van der Waals surface area (Å²) >= 11 is 0. The van der Waals surface area contributed by atoms with Crippen molar-refractivity contribution >= 4 is 54.6 Å². The van der Waals surface area contributed by atoms with Crippen LogP contribution in [0.15, 0.2) is 170 Å². The van der Waals surface area contributed by atoms with Crippen LogP contribution in [0.25, 0.3) is 88.2 Å². The number of aromatic nitrogens is 4. The molecule has 0 aliphatic heterocycles. The number of imidazole rings is 2. The predicted molar refractivity (Wildman–Crippen MR) is 214 cm³/mol. The average molecular weight is 872 g/mol. The quantitative estimate of drug-likeness (QED) is 0.128. The number of nitrogens with zero attached hydrogens (tertiary/aromatic N) is 4. The van der Waals surface area contributed by atoms with E-state index in [4.69, 9.17) is 14.7 Å². The van der Waals surface area contributed by atoms with Gasteiger partial charge in [-0.1, -0.05) is 167 Å². The molecule has 0 bridgehead atoms. The average Bonchev–Trinajstić information content (AvgIpc) is 3.91. The molecule has 5 nitrogen and oxygen atoms in total. The Morgan fingerprint density at radius 2 is 1.09 bits per heavy atom. The van der Waals surface area contributed by atoms with Crippen molar-refractivity contribution in [3.63, 3.8) is 0 Å². The van der Waals surface area contributed by atoms with Crippen LogP contribution in [0.3, 0.4) is 0 Å². The smallest absolute Gasteiger partial charge is 0.497 e. The zero-order valence-corrected chi connectivity index (χ0v) is 31.0. The van der Waals surface area contributed by atoms with Crippen LogP contribution in [0, 0.1) is 12.1 Å². The van der Waals surface area contributed by atoms with Crippen LogP contribution in [0.2, 0.25) is 0 Å². The van der Waals surface area contributed by atoms with E-state index >= 15 is 0 Å². The Morgan fingerprint density at radius 1 is 0.500 bits per heavy atom. The summed E-state index contributed by atoms with van der Waals surface area (Å²) in [6.07, 6.45) is 5.85. The molecular weight excluding hydrogens is 844 g/mol. The van der Waals surface area contributed by atoms with Crippen molar-refractivity contribution in [3.05, 3.63) is 182 Å². The number of rotatable bonds is 5. The van der Waals surface area contributed by atoms with Gasteiger partial charge in [-0.05, 0) is 39.1 Å². The van der Waals surface area contributed by atoms with Gasteiger partial charge in [0.05, 0.1) is 17.0 Å². The Morgan fingerprint density at radius 3 is 1.81 bits per heavy atom. The van der Waals surface area contributed by atoms with E-state index in [-0.39, 0.29) is 21.1 Å². The maximum Gasteiger partial charge on any atom is 2.00 e. The van der Waals surface area contributed by atoms with Gasteiger partial charge in [0.2, 0.25) is 0 Å². The van der Waals surface area contributed by atoms with E-state index in [1.165, 1.54) is 16.7 Å². The van der Waals surface area contributed by atoms with Crippen LogP contribution < -0.4 is 4.74 Å². The molecule has 256 valence electrons. The van der Waals surface area contributed by atoms with E-state index in [1.807, 2.05) is 36.8 Å². The summed E-state index contributed by atoms with van der Waals surface area (Å²) in [6, 6.07) is 59.9. The maximum absolute atomic E-state index is 6.57. The molecule has 4 aromatic heterocycles. The first-order valence-electron chi connectivity index (χ1n) is 17.7. The molecular formula is C48H28N4OPt. The molecule has 0 atom stereocenters. The second-order valence-electron chi connectivity index (χ2n) is 13.2. The largest absolute Gasteiger partial charge is 2.00 e. The fourth-order valence-electron chi connectivity index (χ4n) is 7.95. The van der Waals surface area contributed by atoms with Crippen LogP contribution in [0.1, 0.15) is 0 Å². The molecule has 0 saturated heterocycles. The monoisotopic (exact) mass is 871 g/mol. The zero-order valence-electron chi connectivity index (χ0n) is 28.7. The summed E-state index contributed by atoms with van der Waals surface area (Å²) in [5.41, 5.74) is 10.6. The van der Waals surface area contributed by atoms with Crippen molar-refractivity contribution in [2.45, 2.75) is 0 Å². The molecule has 0 N–H and O–H groups in total. The second-order valence-corrected chi connectivity index (χ2v) is 13.2. The number of hydrogen-bond acceptors (Lipinski definition) is 3. The summed E-state index contributed by atoms with van der Waals surface area (Å²) < 4.78 is 11.0. The Kier molecular flexibility index (Phi) is 7.64. The van der Waals surface area contributed by atoms with Crippen molar-refractivity contribution in [1.82, 2.24) is 18.8 Å². The van der Waals surface area contributed by atoms with Crippen molar-refractivity contribution < 1.29 is 25.8 Å². The maximum atomic E-state index is 6.57. The van der Waals surface area contributed by atoms with E-state index in [9.17, 15) is 0 Å². The van der Waals surface area contributed by atoms with Gasteiger partial charge in [0.25, 0.3) is 0 Å². The number of hydrogen-bond donors (Lipinski definition) is 0. The first kappa shape index (κ1) is 32.1. The standard InChI is InChI=1S/C48H28N4O.Pt/c1-4-12-31(13-5-1)36-24-25-40-38-23-21-34(28-41(38)47-49-26-27-51(47)46(40)45(36)33-16-8-3-9-17-33)53-35-20-22-37-39-18-10-11-19-43(39)52-44(32-14-6-2-7-15-32)30-50-48(52)42(37)29-35;/h1-27,30H;/q-2;+2. The molecule has 0 fully saturated rings. The minimum Gasteiger partial charge on any atom is -0.497 e. The molecule has 6 heteroatoms. The van der Waals surface area contributed by atoms with Crippen molar-refractivity contribution in [1.29, 1.82) is 0 Å². The van der Waals surface area contributed by atoms with Gasteiger partial charge in [-0.15, -0.1) is 12.1 Å². The minimum absolute atomic E-state index is 0. The molecule has 0 aliphatic carbocycles. The molecule has 0 spiro atoms. The van der Waals surface area contributed by atoms with Gasteiger partial charge < -0.3 is 13.5 Å². The fraction of sp³-hybridized carbons (Fsp3) is 0. The Hall–Kier alpha value is -6.55. The SMILES string of the molecule is [Pt+2].[c-]1c(Oc2[c-]c3c(cc2)c2ccccc2n2c(-c4ccccc4)cnc32)ccc2c1c1nccn1c1c(-c3ccccc3)c(-c3ccccc3)ccc21. The normalized spacial score (nSPS) is 11.6.